The van der Waals surface area contributed by atoms with Crippen LogP contribution < -0.4 is 0 Å². The molecule has 5 heteroatoms. The van der Waals surface area contributed by atoms with Crippen molar-refractivity contribution < 1.29 is 14.5 Å². The van der Waals surface area contributed by atoms with Gasteiger partial charge in [-0.1, -0.05) is 6.07 Å². The Labute approximate surface area is 91.2 Å². The molecule has 16 heavy (non-hydrogen) atoms. The predicted octanol–water partition coefficient (Wildman–Crippen LogP) is 1.76. The quantitative estimate of drug-likeness (QED) is 0.410. The van der Waals surface area contributed by atoms with E-state index in [2.05, 4.69) is 0 Å². The van der Waals surface area contributed by atoms with Crippen molar-refractivity contribution in [3.63, 3.8) is 0 Å². The number of non-ortho nitro benzene ring substituents is 1. The summed E-state index contributed by atoms with van der Waals surface area (Å²) in [4.78, 5) is 21.4. The summed E-state index contributed by atoms with van der Waals surface area (Å²) >= 11 is 0. The topological polar surface area (TPSA) is 69.4 Å². The summed E-state index contributed by atoms with van der Waals surface area (Å²) in [5, 5.41) is 10.7. The number of carbonyl (C=O) groups excluding carboxylic acids is 1. The molecule has 1 aromatic carbocycles. The third-order valence-electron chi connectivity index (χ3n) is 3.24. The average Bonchev–Trinajstić information content (AvgIpc) is 2.72. The van der Waals surface area contributed by atoms with Crippen LogP contribution in [0.3, 0.4) is 0 Å². The zero-order chi connectivity index (χ0) is 11.3. The Morgan fingerprint density at radius 1 is 1.38 bits per heavy atom. The number of nitrogens with zero attached hydrogens (tertiary/aromatic N) is 1. The number of carbonyl (C=O) groups is 1. The van der Waals surface area contributed by atoms with Crippen LogP contribution in [-0.4, -0.2) is 10.9 Å². The van der Waals surface area contributed by atoms with Gasteiger partial charge in [0.25, 0.3) is 5.69 Å². The van der Waals surface area contributed by atoms with Gasteiger partial charge in [-0.05, 0) is 12.0 Å². The highest BCUT2D eigenvalue weighted by molar-refractivity contribution is 5.73. The molecular weight excluding hydrogens is 210 g/mol. The number of nitro groups is 1. The molecule has 1 aromatic rings. The van der Waals surface area contributed by atoms with E-state index in [1.54, 1.807) is 6.07 Å². The van der Waals surface area contributed by atoms with Crippen molar-refractivity contribution in [1.82, 2.24) is 0 Å². The number of hydrogen-bond donors (Lipinski definition) is 0. The van der Waals surface area contributed by atoms with Gasteiger partial charge in [0.05, 0.1) is 11.3 Å². The number of fused-ring (bicyclic) bond motifs is 3. The molecule has 0 radical (unpaired) electrons. The lowest BCUT2D eigenvalue weighted by Crippen LogP contribution is -2.00. The predicted molar refractivity (Wildman–Crippen MR) is 53.7 cm³/mol. The van der Waals surface area contributed by atoms with Crippen molar-refractivity contribution >= 4 is 11.7 Å². The highest BCUT2D eigenvalue weighted by Gasteiger charge is 2.42. The number of esters is 1. The van der Waals surface area contributed by atoms with Gasteiger partial charge in [0.2, 0.25) is 0 Å². The van der Waals surface area contributed by atoms with E-state index in [0.717, 1.165) is 17.5 Å². The summed E-state index contributed by atoms with van der Waals surface area (Å²) in [5.74, 6) is -0.0309. The largest absolute Gasteiger partial charge is 0.457 e. The Kier molecular flexibility index (Phi) is 1.77. The molecule has 0 unspecified atom stereocenters. The van der Waals surface area contributed by atoms with Gasteiger partial charge in [0.15, 0.2) is 0 Å². The first kappa shape index (κ1) is 9.33. The molecule has 5 nitrogen and oxygen atoms in total. The van der Waals surface area contributed by atoms with Gasteiger partial charge in [0, 0.05) is 23.6 Å². The van der Waals surface area contributed by atoms with Gasteiger partial charge in [-0.15, -0.1) is 0 Å². The third-order valence-corrected chi connectivity index (χ3v) is 3.24. The van der Waals surface area contributed by atoms with Crippen LogP contribution in [0.1, 0.15) is 23.7 Å². The Hall–Kier alpha value is -1.91. The lowest BCUT2D eigenvalue weighted by atomic mass is 10.0. The summed E-state index contributed by atoms with van der Waals surface area (Å²) in [6.07, 6.45) is 0.944. The zero-order valence-corrected chi connectivity index (χ0v) is 8.38. The Balaban J connectivity index is 2.04. The number of nitro benzene ring substituents is 1. The fourth-order valence-electron chi connectivity index (χ4n) is 2.53. The molecule has 3 rings (SSSR count). The lowest BCUT2D eigenvalue weighted by Gasteiger charge is -2.08. The van der Waals surface area contributed by atoms with E-state index in [-0.39, 0.29) is 23.7 Å². The lowest BCUT2D eigenvalue weighted by molar-refractivity contribution is -0.385. The third kappa shape index (κ3) is 1.21. The minimum Gasteiger partial charge on any atom is -0.457 e. The van der Waals surface area contributed by atoms with Crippen molar-refractivity contribution in [3.05, 3.63) is 39.4 Å². The first-order chi connectivity index (χ1) is 7.65. The first-order valence-corrected chi connectivity index (χ1v) is 5.12. The second-order valence-electron chi connectivity index (χ2n) is 4.22. The SMILES string of the molecule is O=C1C[C@H]2Cc3ccc([N+](=O)[O-])cc3[C@H]2O1. The summed E-state index contributed by atoms with van der Waals surface area (Å²) < 4.78 is 5.18. The Bertz CT molecular complexity index is 497. The van der Waals surface area contributed by atoms with Crippen molar-refractivity contribution in [2.75, 3.05) is 0 Å². The molecule has 0 N–H and O–H groups in total. The van der Waals surface area contributed by atoms with Crippen molar-refractivity contribution in [2.24, 2.45) is 5.92 Å². The van der Waals surface area contributed by atoms with Crippen LogP contribution in [-0.2, 0) is 16.0 Å². The Morgan fingerprint density at radius 3 is 2.94 bits per heavy atom. The summed E-state index contributed by atoms with van der Waals surface area (Å²) in [6, 6.07) is 4.79. The number of rotatable bonds is 1. The van der Waals surface area contributed by atoms with Crippen LogP contribution in [0.2, 0.25) is 0 Å². The van der Waals surface area contributed by atoms with Gasteiger partial charge in [-0.3, -0.25) is 14.9 Å². The van der Waals surface area contributed by atoms with Gasteiger partial charge >= 0.3 is 5.97 Å². The molecule has 1 aliphatic carbocycles. The minimum absolute atomic E-state index is 0.0577. The van der Waals surface area contributed by atoms with E-state index in [9.17, 15) is 14.9 Å². The fourth-order valence-corrected chi connectivity index (χ4v) is 2.53. The second-order valence-corrected chi connectivity index (χ2v) is 4.22. The van der Waals surface area contributed by atoms with E-state index in [1.165, 1.54) is 12.1 Å². The van der Waals surface area contributed by atoms with Gasteiger partial charge < -0.3 is 4.74 Å². The van der Waals surface area contributed by atoms with Crippen LogP contribution in [0.15, 0.2) is 18.2 Å². The van der Waals surface area contributed by atoms with E-state index >= 15 is 0 Å². The van der Waals surface area contributed by atoms with Crippen LogP contribution in [0.5, 0.6) is 0 Å². The standard InChI is InChI=1S/C11H9NO4/c13-10-4-7-3-6-1-2-8(12(14)15)5-9(6)11(7)16-10/h1-2,5,7,11H,3-4H2/t7-,11+/m1/s1. The highest BCUT2D eigenvalue weighted by Crippen LogP contribution is 2.45. The number of hydrogen-bond acceptors (Lipinski definition) is 4. The van der Waals surface area contributed by atoms with E-state index in [1.807, 2.05) is 0 Å². The molecule has 0 saturated carbocycles. The maximum absolute atomic E-state index is 11.1. The van der Waals surface area contributed by atoms with Crippen LogP contribution in [0.4, 0.5) is 5.69 Å². The van der Waals surface area contributed by atoms with Crippen LogP contribution in [0.25, 0.3) is 0 Å². The fraction of sp³-hybridized carbons (Fsp3) is 0.364. The summed E-state index contributed by atoms with van der Waals surface area (Å²) in [5.41, 5.74) is 1.93. The molecule has 0 bridgehead atoms. The number of benzene rings is 1. The van der Waals surface area contributed by atoms with Gasteiger partial charge in [-0.2, -0.15) is 0 Å². The molecule has 1 heterocycles. The van der Waals surface area contributed by atoms with E-state index < -0.39 is 4.92 Å². The van der Waals surface area contributed by atoms with Crippen molar-refractivity contribution in [3.8, 4) is 0 Å². The maximum atomic E-state index is 11.1. The Morgan fingerprint density at radius 2 is 2.19 bits per heavy atom. The smallest absolute Gasteiger partial charge is 0.306 e. The molecular formula is C11H9NO4. The molecule has 0 aromatic heterocycles. The van der Waals surface area contributed by atoms with Crippen LogP contribution in [0, 0.1) is 16.0 Å². The monoisotopic (exact) mass is 219 g/mol. The molecule has 0 spiro atoms. The molecule has 1 saturated heterocycles. The van der Waals surface area contributed by atoms with Crippen molar-refractivity contribution in [1.29, 1.82) is 0 Å². The molecule has 1 aliphatic heterocycles. The number of ether oxygens (including phenoxy) is 1. The molecule has 1 fully saturated rings. The first-order valence-electron chi connectivity index (χ1n) is 5.12. The zero-order valence-electron chi connectivity index (χ0n) is 8.38. The normalized spacial score (nSPS) is 26.1. The van der Waals surface area contributed by atoms with Gasteiger partial charge in [-0.25, -0.2) is 0 Å². The van der Waals surface area contributed by atoms with Crippen LogP contribution >= 0.6 is 0 Å². The molecule has 82 valence electrons. The minimum atomic E-state index is -0.426. The van der Waals surface area contributed by atoms with E-state index in [4.69, 9.17) is 4.74 Å². The maximum Gasteiger partial charge on any atom is 0.306 e. The van der Waals surface area contributed by atoms with Crippen molar-refractivity contribution in [2.45, 2.75) is 18.9 Å². The summed E-state index contributed by atoms with van der Waals surface area (Å²) in [7, 11) is 0. The molecule has 2 aliphatic rings. The van der Waals surface area contributed by atoms with Gasteiger partial charge in [0.1, 0.15) is 6.10 Å². The molecule has 2 atom stereocenters. The highest BCUT2D eigenvalue weighted by atomic mass is 16.6. The van der Waals surface area contributed by atoms with E-state index in [0.29, 0.717) is 6.42 Å². The second kappa shape index (κ2) is 3.04. The average molecular weight is 219 g/mol. The molecule has 0 amide bonds. The summed E-state index contributed by atoms with van der Waals surface area (Å²) in [6.45, 7) is 0.